The fraction of sp³-hybridized carbons (Fsp3) is 0.250. The number of carbonyl (C=O) groups excluding carboxylic acids is 2. The zero-order valence-electron chi connectivity index (χ0n) is 12.2. The van der Waals surface area contributed by atoms with Gasteiger partial charge in [-0.25, -0.2) is 9.97 Å². The van der Waals surface area contributed by atoms with Gasteiger partial charge in [0.1, 0.15) is 17.8 Å². The van der Waals surface area contributed by atoms with Crippen molar-refractivity contribution < 1.29 is 9.59 Å². The topological polar surface area (TPSA) is 84.0 Å². The van der Waals surface area contributed by atoms with E-state index in [1.54, 1.807) is 30.3 Å². The minimum Gasteiger partial charge on any atom is -0.367 e. The first-order valence-corrected chi connectivity index (χ1v) is 7.13. The number of carbonyl (C=O) groups is 2. The van der Waals surface area contributed by atoms with Crippen LogP contribution in [0.5, 0.6) is 0 Å². The van der Waals surface area contributed by atoms with Crippen LogP contribution in [-0.4, -0.2) is 27.7 Å². The highest BCUT2D eigenvalue weighted by molar-refractivity contribution is 6.04. The highest BCUT2D eigenvalue weighted by Crippen LogP contribution is 2.23. The Morgan fingerprint density at radius 1 is 1.18 bits per heavy atom. The predicted molar refractivity (Wildman–Crippen MR) is 83.1 cm³/mol. The Kier molecular flexibility index (Phi) is 3.82. The third kappa shape index (κ3) is 3.46. The van der Waals surface area contributed by atoms with Crippen molar-refractivity contribution in [1.29, 1.82) is 0 Å². The number of benzene rings is 1. The molecule has 2 N–H and O–H groups in total. The zero-order chi connectivity index (χ0) is 15.5. The predicted octanol–water partition coefficient (Wildman–Crippen LogP) is 2.51. The molecular formula is C16H16N4O2. The summed E-state index contributed by atoms with van der Waals surface area (Å²) in [6.45, 7) is 1.49. The number of Topliss-reactive ketones (excluding diaryl/α,β-unsaturated/α-hetero) is 1. The largest absolute Gasteiger partial charge is 0.367 e. The molecule has 0 radical (unpaired) electrons. The van der Waals surface area contributed by atoms with Gasteiger partial charge in [0.25, 0.3) is 5.91 Å². The molecule has 1 aromatic carbocycles. The van der Waals surface area contributed by atoms with E-state index in [9.17, 15) is 9.59 Å². The highest BCUT2D eigenvalue weighted by atomic mass is 16.2. The van der Waals surface area contributed by atoms with Gasteiger partial charge in [0.2, 0.25) is 0 Å². The number of amides is 1. The summed E-state index contributed by atoms with van der Waals surface area (Å²) in [4.78, 5) is 31.7. The molecular weight excluding hydrogens is 280 g/mol. The number of nitrogens with zero attached hydrogens (tertiary/aromatic N) is 2. The smallest absolute Gasteiger partial charge is 0.274 e. The molecule has 1 saturated carbocycles. The van der Waals surface area contributed by atoms with Crippen LogP contribution in [0, 0.1) is 0 Å². The molecule has 6 nitrogen and oxygen atoms in total. The standard InChI is InChI=1S/C16H16N4O2/c1-10(21)11-3-2-4-13(7-11)20-16(22)14-8-15(18-9-17-14)19-12-5-6-12/h2-4,7-9,12H,5-6H2,1H3,(H,20,22)(H,17,18,19). The summed E-state index contributed by atoms with van der Waals surface area (Å²) in [6.07, 6.45) is 3.62. The molecule has 1 aliphatic rings. The van der Waals surface area contributed by atoms with E-state index in [-0.39, 0.29) is 17.4 Å². The normalized spacial score (nSPS) is 13.5. The number of nitrogens with one attached hydrogen (secondary N) is 2. The number of ketones is 1. The molecule has 0 bridgehead atoms. The van der Waals surface area contributed by atoms with Crippen LogP contribution in [0.15, 0.2) is 36.7 Å². The van der Waals surface area contributed by atoms with Gasteiger partial charge in [-0.1, -0.05) is 12.1 Å². The third-order valence-electron chi connectivity index (χ3n) is 3.36. The lowest BCUT2D eigenvalue weighted by atomic mass is 10.1. The lowest BCUT2D eigenvalue weighted by Gasteiger charge is -2.07. The second kappa shape index (κ2) is 5.93. The van der Waals surface area contributed by atoms with Crippen molar-refractivity contribution >= 4 is 23.2 Å². The number of rotatable bonds is 5. The molecule has 0 atom stereocenters. The van der Waals surface area contributed by atoms with Crippen LogP contribution >= 0.6 is 0 Å². The van der Waals surface area contributed by atoms with Crippen LogP contribution in [0.2, 0.25) is 0 Å². The molecule has 1 aromatic heterocycles. The van der Waals surface area contributed by atoms with Crippen molar-refractivity contribution in [1.82, 2.24) is 9.97 Å². The first-order valence-electron chi connectivity index (χ1n) is 7.13. The van der Waals surface area contributed by atoms with Gasteiger partial charge in [-0.2, -0.15) is 0 Å². The van der Waals surface area contributed by atoms with E-state index in [0.29, 0.717) is 23.1 Å². The van der Waals surface area contributed by atoms with Gasteiger partial charge >= 0.3 is 0 Å². The van der Waals surface area contributed by atoms with Crippen LogP contribution in [0.4, 0.5) is 11.5 Å². The number of anilines is 2. The van der Waals surface area contributed by atoms with E-state index in [2.05, 4.69) is 20.6 Å². The Morgan fingerprint density at radius 3 is 2.73 bits per heavy atom. The Hall–Kier alpha value is -2.76. The summed E-state index contributed by atoms with van der Waals surface area (Å²) >= 11 is 0. The number of hydrogen-bond acceptors (Lipinski definition) is 5. The Morgan fingerprint density at radius 2 is 2.00 bits per heavy atom. The summed E-state index contributed by atoms with van der Waals surface area (Å²) in [5.74, 6) is 0.274. The third-order valence-corrected chi connectivity index (χ3v) is 3.36. The van der Waals surface area contributed by atoms with Crippen LogP contribution < -0.4 is 10.6 Å². The second-order valence-electron chi connectivity index (χ2n) is 5.30. The van der Waals surface area contributed by atoms with Gasteiger partial charge in [0.05, 0.1) is 0 Å². The molecule has 0 saturated heterocycles. The van der Waals surface area contributed by atoms with Gasteiger partial charge in [0.15, 0.2) is 5.78 Å². The lowest BCUT2D eigenvalue weighted by molar-refractivity contribution is 0.100. The maximum Gasteiger partial charge on any atom is 0.274 e. The molecule has 1 fully saturated rings. The van der Waals surface area contributed by atoms with Crippen molar-refractivity contribution in [3.8, 4) is 0 Å². The van der Waals surface area contributed by atoms with Crippen LogP contribution in [0.3, 0.4) is 0 Å². The second-order valence-corrected chi connectivity index (χ2v) is 5.30. The van der Waals surface area contributed by atoms with Crippen molar-refractivity contribution in [2.75, 3.05) is 10.6 Å². The van der Waals surface area contributed by atoms with E-state index in [1.807, 2.05) is 0 Å². The summed E-state index contributed by atoms with van der Waals surface area (Å²) in [6, 6.07) is 8.90. The zero-order valence-corrected chi connectivity index (χ0v) is 12.2. The van der Waals surface area contributed by atoms with Gasteiger partial charge in [-0.3, -0.25) is 9.59 Å². The summed E-state index contributed by atoms with van der Waals surface area (Å²) < 4.78 is 0. The Labute approximate surface area is 128 Å². The fourth-order valence-electron chi connectivity index (χ4n) is 2.01. The molecule has 0 aliphatic heterocycles. The monoisotopic (exact) mass is 296 g/mol. The molecule has 1 aliphatic carbocycles. The van der Waals surface area contributed by atoms with Crippen molar-refractivity contribution in [2.45, 2.75) is 25.8 Å². The molecule has 2 aromatic rings. The molecule has 0 spiro atoms. The van der Waals surface area contributed by atoms with Crippen LogP contribution in [-0.2, 0) is 0 Å². The SMILES string of the molecule is CC(=O)c1cccc(NC(=O)c2cc(NC3CC3)ncn2)c1. The molecule has 1 heterocycles. The van der Waals surface area contributed by atoms with E-state index in [1.165, 1.54) is 13.3 Å². The van der Waals surface area contributed by atoms with E-state index in [0.717, 1.165) is 12.8 Å². The fourth-order valence-corrected chi connectivity index (χ4v) is 2.01. The molecule has 1 amide bonds. The Balaban J connectivity index is 1.73. The first-order chi connectivity index (χ1) is 10.6. The quantitative estimate of drug-likeness (QED) is 0.828. The Bertz CT molecular complexity index is 726. The number of aromatic nitrogens is 2. The maximum absolute atomic E-state index is 12.2. The average Bonchev–Trinajstić information content (AvgIpc) is 3.31. The lowest BCUT2D eigenvalue weighted by Crippen LogP contribution is -2.15. The van der Waals surface area contributed by atoms with E-state index in [4.69, 9.17) is 0 Å². The van der Waals surface area contributed by atoms with E-state index < -0.39 is 0 Å². The van der Waals surface area contributed by atoms with Gasteiger partial charge in [0, 0.05) is 23.4 Å². The van der Waals surface area contributed by atoms with Crippen molar-refractivity contribution in [3.63, 3.8) is 0 Å². The number of hydrogen-bond donors (Lipinski definition) is 2. The van der Waals surface area contributed by atoms with Crippen molar-refractivity contribution in [2.24, 2.45) is 0 Å². The highest BCUT2D eigenvalue weighted by Gasteiger charge is 2.21. The van der Waals surface area contributed by atoms with Gasteiger partial charge in [-0.15, -0.1) is 0 Å². The maximum atomic E-state index is 12.2. The summed E-state index contributed by atoms with van der Waals surface area (Å²) in [5.41, 5.74) is 1.40. The molecule has 112 valence electrons. The average molecular weight is 296 g/mol. The van der Waals surface area contributed by atoms with Crippen molar-refractivity contribution in [3.05, 3.63) is 47.9 Å². The van der Waals surface area contributed by atoms with E-state index >= 15 is 0 Å². The van der Waals surface area contributed by atoms with Gasteiger partial charge < -0.3 is 10.6 Å². The summed E-state index contributed by atoms with van der Waals surface area (Å²) in [5, 5.41) is 5.96. The molecule has 22 heavy (non-hydrogen) atoms. The summed E-state index contributed by atoms with van der Waals surface area (Å²) in [7, 11) is 0. The molecule has 3 rings (SSSR count). The molecule has 6 heteroatoms. The van der Waals surface area contributed by atoms with Crippen LogP contribution in [0.1, 0.15) is 40.6 Å². The molecule has 0 unspecified atom stereocenters. The minimum atomic E-state index is -0.332. The first kappa shape index (κ1) is 14.2. The van der Waals surface area contributed by atoms with Gasteiger partial charge in [-0.05, 0) is 31.9 Å². The minimum absolute atomic E-state index is 0.0472. The van der Waals surface area contributed by atoms with Crippen LogP contribution in [0.25, 0.3) is 0 Å².